The summed E-state index contributed by atoms with van der Waals surface area (Å²) in [6.45, 7) is 0.127. The van der Waals surface area contributed by atoms with Gasteiger partial charge in [-0.1, -0.05) is 5.92 Å². The zero-order valence-electron chi connectivity index (χ0n) is 20.6. The summed E-state index contributed by atoms with van der Waals surface area (Å²) in [5, 5.41) is 10.0. The number of hydrogen-bond acceptors (Lipinski definition) is 8. The van der Waals surface area contributed by atoms with Gasteiger partial charge in [-0.15, -0.1) is 17.8 Å². The third kappa shape index (κ3) is 5.29. The predicted octanol–water partition coefficient (Wildman–Crippen LogP) is 1.59. The first kappa shape index (κ1) is 27.3. The molecule has 1 unspecified atom stereocenters. The molecule has 0 radical (unpaired) electrons. The second-order valence-electron chi connectivity index (χ2n) is 9.24. The predicted molar refractivity (Wildman–Crippen MR) is 142 cm³/mol. The van der Waals surface area contributed by atoms with Crippen LogP contribution >= 0.6 is 11.3 Å². The molecule has 1 amide bonds. The van der Waals surface area contributed by atoms with Gasteiger partial charge in [-0.05, 0) is 30.7 Å². The molecular weight excluding hydrogens is 565 g/mol. The molecule has 1 saturated heterocycles. The molecule has 39 heavy (non-hydrogen) atoms. The normalized spacial score (nSPS) is 18.9. The number of thiazole rings is 1. The van der Waals surface area contributed by atoms with Crippen molar-refractivity contribution in [2.45, 2.75) is 36.9 Å². The zero-order valence-corrected chi connectivity index (χ0v) is 23.0. The van der Waals surface area contributed by atoms with E-state index in [-0.39, 0.29) is 62.0 Å². The Morgan fingerprint density at radius 3 is 2.72 bits per heavy atom. The summed E-state index contributed by atoms with van der Waals surface area (Å²) in [4.78, 5) is 23.0. The van der Waals surface area contributed by atoms with Gasteiger partial charge in [0, 0.05) is 66.4 Å². The Kier molecular flexibility index (Phi) is 7.23. The van der Waals surface area contributed by atoms with Gasteiger partial charge >= 0.3 is 10.3 Å². The Hall–Kier alpha value is -3.31. The van der Waals surface area contributed by atoms with Crippen LogP contribution in [0, 0.1) is 23.7 Å². The summed E-state index contributed by atoms with van der Waals surface area (Å²) in [5.74, 6) is 2.12. The molecule has 0 saturated carbocycles. The summed E-state index contributed by atoms with van der Waals surface area (Å²) in [5.41, 5.74) is 1.86. The smallest absolute Gasteiger partial charge is 0.336 e. The van der Waals surface area contributed by atoms with Gasteiger partial charge in [-0.3, -0.25) is 9.35 Å². The van der Waals surface area contributed by atoms with Crippen LogP contribution in [-0.2, 0) is 33.3 Å². The van der Waals surface area contributed by atoms with Crippen LogP contribution in [0.3, 0.4) is 0 Å². The molecule has 2 aliphatic heterocycles. The molecule has 5 rings (SSSR count). The minimum absolute atomic E-state index is 0.00233. The molecule has 0 aliphatic carbocycles. The van der Waals surface area contributed by atoms with E-state index in [1.807, 2.05) is 0 Å². The van der Waals surface area contributed by atoms with Gasteiger partial charge in [-0.25, -0.2) is 13.4 Å². The van der Waals surface area contributed by atoms with Gasteiger partial charge in [0.25, 0.3) is 15.9 Å². The van der Waals surface area contributed by atoms with Crippen molar-refractivity contribution in [2.24, 2.45) is 0 Å². The number of nitrogens with one attached hydrogen (secondary N) is 1. The van der Waals surface area contributed by atoms with E-state index in [0.29, 0.717) is 27.0 Å². The molecule has 1 aromatic carbocycles. The van der Waals surface area contributed by atoms with Crippen LogP contribution in [0.4, 0.5) is 0 Å². The first-order chi connectivity index (χ1) is 18.5. The van der Waals surface area contributed by atoms with Crippen LogP contribution in [0.5, 0.6) is 0 Å². The number of carbonyl (C=O) groups excluding carboxylic acids is 1. The third-order valence-corrected chi connectivity index (χ3v) is 10.7. The zero-order chi connectivity index (χ0) is 27.9. The number of carbonyl (C=O) groups is 1. The van der Waals surface area contributed by atoms with E-state index < -0.39 is 32.3 Å². The second kappa shape index (κ2) is 10.3. The van der Waals surface area contributed by atoms with Crippen molar-refractivity contribution in [2.75, 3.05) is 26.2 Å². The number of amides is 1. The molecule has 3 aromatic rings. The van der Waals surface area contributed by atoms with Gasteiger partial charge in [0.2, 0.25) is 0 Å². The Labute approximate surface area is 229 Å². The summed E-state index contributed by atoms with van der Waals surface area (Å²) in [6, 6.07) is 8.19. The molecule has 204 valence electrons. The number of aromatic nitrogens is 2. The highest BCUT2D eigenvalue weighted by atomic mass is 32.2. The quantitative estimate of drug-likeness (QED) is 0.323. The number of H-pyrrole nitrogens is 1. The first-order valence-corrected chi connectivity index (χ1v) is 15.6. The molecule has 2 aliphatic rings. The van der Waals surface area contributed by atoms with E-state index in [1.165, 1.54) is 10.4 Å². The highest BCUT2D eigenvalue weighted by Crippen LogP contribution is 2.30. The third-order valence-electron chi connectivity index (χ3n) is 6.88. The van der Waals surface area contributed by atoms with Gasteiger partial charge < -0.3 is 9.88 Å². The molecule has 2 aromatic heterocycles. The average Bonchev–Trinajstić information content (AvgIpc) is 3.54. The van der Waals surface area contributed by atoms with E-state index in [4.69, 9.17) is 6.42 Å². The lowest BCUT2D eigenvalue weighted by molar-refractivity contribution is 0.0552. The van der Waals surface area contributed by atoms with Crippen molar-refractivity contribution in [1.82, 2.24) is 23.5 Å². The van der Waals surface area contributed by atoms with E-state index in [1.54, 1.807) is 23.1 Å². The minimum Gasteiger partial charge on any atom is -0.345 e. The Morgan fingerprint density at radius 1 is 1.21 bits per heavy atom. The maximum absolute atomic E-state index is 13.5. The lowest BCUT2D eigenvalue weighted by atomic mass is 10.1. The minimum atomic E-state index is -4.36. The number of rotatable bonds is 6. The fourth-order valence-electron chi connectivity index (χ4n) is 4.85. The first-order valence-electron chi connectivity index (χ1n) is 12.0. The molecule has 1 atom stereocenters. The van der Waals surface area contributed by atoms with Crippen molar-refractivity contribution in [1.29, 1.82) is 5.26 Å². The molecule has 0 spiro atoms. The van der Waals surface area contributed by atoms with Gasteiger partial charge in [-0.2, -0.15) is 22.3 Å². The average molecular weight is 589 g/mol. The van der Waals surface area contributed by atoms with E-state index in [0.717, 1.165) is 15.6 Å². The van der Waals surface area contributed by atoms with E-state index >= 15 is 0 Å². The number of hydrogen-bond donors (Lipinski definition) is 2. The summed E-state index contributed by atoms with van der Waals surface area (Å²) >= 11 is 1.06. The largest absolute Gasteiger partial charge is 0.345 e. The number of fused-ring (bicyclic) bond motifs is 2. The number of aromatic amines is 1. The van der Waals surface area contributed by atoms with Crippen molar-refractivity contribution in [3.63, 3.8) is 0 Å². The van der Waals surface area contributed by atoms with Crippen molar-refractivity contribution in [3.05, 3.63) is 45.4 Å². The van der Waals surface area contributed by atoms with E-state index in [9.17, 15) is 31.4 Å². The highest BCUT2D eigenvalue weighted by Gasteiger charge is 2.38. The molecular formula is C24H24N6O6S3. The molecule has 4 heterocycles. The number of benzene rings is 1. The van der Waals surface area contributed by atoms with Crippen LogP contribution in [0.1, 0.15) is 38.8 Å². The Bertz CT molecular complexity index is 1750. The standard InChI is InChI=1S/C24H24N6O6S3/c1-2-16-5-6-19-17(12-16)13-22(26-19)38(32,33)28-10-11-30(18(14-28)4-3-8-25)24(31)23-27-20-7-9-29(39(34,35)36)15-21(20)37-23/h1,5-6,12-13,18,26H,3-4,7,9-11,14-15H2,(H,34,35,36). The lowest BCUT2D eigenvalue weighted by Crippen LogP contribution is -2.56. The van der Waals surface area contributed by atoms with Crippen LogP contribution in [0.2, 0.25) is 0 Å². The maximum atomic E-state index is 13.5. The molecule has 15 heteroatoms. The number of nitrogens with zero attached hydrogens (tertiary/aromatic N) is 5. The molecule has 0 bridgehead atoms. The maximum Gasteiger partial charge on any atom is 0.336 e. The number of terminal acetylenes is 1. The van der Waals surface area contributed by atoms with Crippen LogP contribution in [-0.4, -0.2) is 83.0 Å². The number of sulfonamides is 1. The molecule has 12 nitrogen and oxygen atoms in total. The van der Waals surface area contributed by atoms with Crippen LogP contribution < -0.4 is 0 Å². The fourth-order valence-corrected chi connectivity index (χ4v) is 8.11. The highest BCUT2D eigenvalue weighted by molar-refractivity contribution is 7.89. The topological polar surface area (TPSA) is 168 Å². The van der Waals surface area contributed by atoms with Crippen molar-refractivity contribution < 1.29 is 26.2 Å². The molecule has 2 N–H and O–H groups in total. The second-order valence-corrected chi connectivity index (χ2v) is 13.6. The molecule has 1 fully saturated rings. The SMILES string of the molecule is C#Cc1ccc2[nH]c(S(=O)(=O)N3CCN(C(=O)c4nc5c(s4)CN(S(=O)(=O)O)CC5)C(CCC#N)C3)cc2c1. The number of nitriles is 1. The monoisotopic (exact) mass is 588 g/mol. The van der Waals surface area contributed by atoms with Crippen molar-refractivity contribution >= 4 is 48.5 Å². The van der Waals surface area contributed by atoms with Crippen LogP contribution in [0.25, 0.3) is 10.9 Å². The summed E-state index contributed by atoms with van der Waals surface area (Å²) < 4.78 is 61.7. The summed E-state index contributed by atoms with van der Waals surface area (Å²) in [7, 11) is -8.29. The van der Waals surface area contributed by atoms with Crippen LogP contribution in [0.15, 0.2) is 29.3 Å². The van der Waals surface area contributed by atoms with E-state index in [2.05, 4.69) is 22.0 Å². The Morgan fingerprint density at radius 2 is 2.00 bits per heavy atom. The van der Waals surface area contributed by atoms with Gasteiger partial charge in [0.15, 0.2) is 5.01 Å². The van der Waals surface area contributed by atoms with Gasteiger partial charge in [0.1, 0.15) is 5.03 Å². The van der Waals surface area contributed by atoms with Crippen molar-refractivity contribution in [3.8, 4) is 18.4 Å². The van der Waals surface area contributed by atoms with Gasteiger partial charge in [0.05, 0.1) is 18.3 Å². The number of piperazine rings is 1. The Balaban J connectivity index is 1.37. The lowest BCUT2D eigenvalue weighted by Gasteiger charge is -2.40. The summed E-state index contributed by atoms with van der Waals surface area (Å²) in [6.07, 6.45) is 6.11. The fraction of sp³-hybridized carbons (Fsp3) is 0.375.